The van der Waals surface area contributed by atoms with Crippen LogP contribution >= 0.6 is 11.8 Å². The van der Waals surface area contributed by atoms with E-state index < -0.39 is 32.3 Å². The van der Waals surface area contributed by atoms with Crippen molar-refractivity contribution in [3.05, 3.63) is 84.4 Å². The van der Waals surface area contributed by atoms with E-state index in [2.05, 4.69) is 51.6 Å². The fraction of sp³-hybridized carbons (Fsp3) is 0.345. The minimum atomic E-state index is -2.90. The van der Waals surface area contributed by atoms with E-state index in [0.29, 0.717) is 0 Å². The van der Waals surface area contributed by atoms with Crippen LogP contribution in [0.15, 0.2) is 84.4 Å². The van der Waals surface area contributed by atoms with Crippen molar-refractivity contribution in [2.75, 3.05) is 13.2 Å². The van der Waals surface area contributed by atoms with Crippen LogP contribution in [0.4, 0.5) is 0 Å². The van der Waals surface area contributed by atoms with Gasteiger partial charge in [0, 0.05) is 5.41 Å². The van der Waals surface area contributed by atoms with Gasteiger partial charge in [-0.15, -0.1) is 11.8 Å². The van der Waals surface area contributed by atoms with Gasteiger partial charge in [0.2, 0.25) is 5.91 Å². The molecule has 1 amide bonds. The van der Waals surface area contributed by atoms with E-state index in [0.717, 1.165) is 10.4 Å². The van der Waals surface area contributed by atoms with Gasteiger partial charge < -0.3 is 13.9 Å². The lowest BCUT2D eigenvalue weighted by atomic mass is 9.92. The molecule has 0 unspecified atom stereocenters. The van der Waals surface area contributed by atoms with E-state index in [1.165, 1.54) is 22.7 Å². The van der Waals surface area contributed by atoms with Gasteiger partial charge in [0.1, 0.15) is 36.3 Å². The van der Waals surface area contributed by atoms with Crippen LogP contribution < -0.4 is 10.4 Å². The van der Waals surface area contributed by atoms with Crippen molar-refractivity contribution >= 4 is 48.3 Å². The molecule has 2 aromatic rings. The summed E-state index contributed by atoms with van der Waals surface area (Å²) in [6, 6.07) is 20.1. The highest BCUT2D eigenvalue weighted by Gasteiger charge is 2.57. The number of carbonyl (C=O) groups excluding carboxylic acids is 3. The van der Waals surface area contributed by atoms with Crippen LogP contribution in [-0.4, -0.2) is 55.8 Å². The number of benzene rings is 2. The fourth-order valence-corrected chi connectivity index (χ4v) is 10.9. The number of thioether (sulfide) groups is 1. The maximum absolute atomic E-state index is 13.1. The maximum atomic E-state index is 13.1. The topological polar surface area (TPSA) is 82.1 Å². The van der Waals surface area contributed by atoms with Gasteiger partial charge in [-0.05, 0) is 22.3 Å². The molecule has 9 heteroatoms. The largest absolute Gasteiger partial charge is 0.460 e. The quantitative estimate of drug-likeness (QED) is 0.193. The minimum Gasteiger partial charge on any atom is -0.460 e. The van der Waals surface area contributed by atoms with Crippen LogP contribution in [0.3, 0.4) is 0 Å². The Labute approximate surface area is 229 Å². The molecule has 2 aliphatic rings. The van der Waals surface area contributed by atoms with Crippen LogP contribution in [0.1, 0.15) is 27.7 Å². The number of hydrogen-bond acceptors (Lipinski definition) is 7. The molecule has 1 fully saturated rings. The van der Waals surface area contributed by atoms with Gasteiger partial charge in [-0.25, -0.2) is 9.59 Å². The van der Waals surface area contributed by atoms with E-state index in [4.69, 9.17) is 13.9 Å². The first-order chi connectivity index (χ1) is 18.1. The molecule has 2 aromatic carbocycles. The monoisotopic (exact) mass is 551 g/mol. The zero-order valence-corrected chi connectivity index (χ0v) is 23.9. The third-order valence-corrected chi connectivity index (χ3v) is 13.0. The molecular formula is C29H33NO6SSi. The Morgan fingerprint density at radius 1 is 1.08 bits per heavy atom. The molecule has 0 bridgehead atoms. The molecule has 4 rings (SSSR count). The van der Waals surface area contributed by atoms with Crippen LogP contribution in [0, 0.1) is 5.92 Å². The number of nitrogens with zero attached hydrogens (tertiary/aromatic N) is 1. The molecule has 38 heavy (non-hydrogen) atoms. The molecule has 0 N–H and O–H groups in total. The first-order valence-electron chi connectivity index (χ1n) is 12.5. The standard InChI is InChI=1S/C29H33NO6SSi/c1-6-17-34-28(33)23-19-37-27-25(26(32)30(23)27)20(2)36-24(31)18-35-38(29(3,4)5,21-13-9-7-10-14-21)22-15-11-8-12-16-22/h6-16,19-20,25,27H,1,17-18H2,2-5H3/t20-,25+,27+/m1/s1. The van der Waals surface area contributed by atoms with Crippen molar-refractivity contribution in [3.8, 4) is 0 Å². The highest BCUT2D eigenvalue weighted by atomic mass is 32.2. The van der Waals surface area contributed by atoms with Crippen LogP contribution in [-0.2, 0) is 28.3 Å². The van der Waals surface area contributed by atoms with E-state index in [9.17, 15) is 14.4 Å². The van der Waals surface area contributed by atoms with Crippen molar-refractivity contribution < 1.29 is 28.3 Å². The average molecular weight is 552 g/mol. The van der Waals surface area contributed by atoms with Gasteiger partial charge in [0.05, 0.1) is 0 Å². The van der Waals surface area contributed by atoms with Crippen molar-refractivity contribution in [2.45, 2.75) is 44.2 Å². The van der Waals surface area contributed by atoms with Crippen molar-refractivity contribution in [2.24, 2.45) is 5.92 Å². The Morgan fingerprint density at radius 2 is 1.66 bits per heavy atom. The maximum Gasteiger partial charge on any atom is 0.355 e. The number of β-lactam (4-membered cyclic amide) rings is 1. The molecule has 1 saturated heterocycles. The van der Waals surface area contributed by atoms with Gasteiger partial charge >= 0.3 is 11.9 Å². The third-order valence-electron chi connectivity index (χ3n) is 6.85. The first kappa shape index (κ1) is 27.9. The first-order valence-corrected chi connectivity index (χ1v) is 15.4. The summed E-state index contributed by atoms with van der Waals surface area (Å²) in [4.78, 5) is 39.6. The van der Waals surface area contributed by atoms with E-state index >= 15 is 0 Å². The summed E-state index contributed by atoms with van der Waals surface area (Å²) in [6.45, 7) is 11.5. The van der Waals surface area contributed by atoms with Crippen molar-refractivity contribution in [1.82, 2.24) is 4.90 Å². The highest BCUT2D eigenvalue weighted by Crippen LogP contribution is 2.47. The number of ether oxygens (including phenoxy) is 2. The van der Waals surface area contributed by atoms with Gasteiger partial charge in [-0.2, -0.15) is 0 Å². The van der Waals surface area contributed by atoms with Gasteiger partial charge in [0.15, 0.2) is 0 Å². The second-order valence-electron chi connectivity index (χ2n) is 10.3. The number of fused-ring (bicyclic) bond motifs is 1. The Bertz CT molecular complexity index is 1190. The summed E-state index contributed by atoms with van der Waals surface area (Å²) in [6.07, 6.45) is 0.790. The molecule has 0 saturated carbocycles. The Morgan fingerprint density at radius 3 is 2.18 bits per heavy atom. The van der Waals surface area contributed by atoms with Crippen molar-refractivity contribution in [1.29, 1.82) is 0 Å². The summed E-state index contributed by atoms with van der Waals surface area (Å²) in [7, 11) is -2.90. The molecule has 2 aliphatic heterocycles. The number of carbonyl (C=O) groups is 3. The third kappa shape index (κ3) is 5.10. The Kier molecular flexibility index (Phi) is 8.30. The van der Waals surface area contributed by atoms with E-state index in [1.54, 1.807) is 12.3 Å². The minimum absolute atomic E-state index is 0.0658. The predicted molar refractivity (Wildman–Crippen MR) is 150 cm³/mol. The molecule has 0 spiro atoms. The van der Waals surface area contributed by atoms with Crippen molar-refractivity contribution in [3.63, 3.8) is 0 Å². The number of esters is 2. The molecule has 0 aliphatic carbocycles. The van der Waals surface area contributed by atoms with E-state index in [1.807, 2.05) is 36.4 Å². The summed E-state index contributed by atoms with van der Waals surface area (Å²) in [5.74, 6) is -1.93. The highest BCUT2D eigenvalue weighted by molar-refractivity contribution is 8.03. The lowest BCUT2D eigenvalue weighted by Gasteiger charge is -2.45. The number of amides is 1. The second kappa shape index (κ2) is 11.3. The molecular weight excluding hydrogens is 518 g/mol. The SMILES string of the molecule is C=CCOC(=O)C1=CS[C@H]2[C@@H]([C@@H](C)OC(=O)CO[Si](c3ccccc3)(c3ccccc3)C(C)(C)C)C(=O)N12. The lowest BCUT2D eigenvalue weighted by Crippen LogP contribution is -2.67. The summed E-state index contributed by atoms with van der Waals surface area (Å²) in [5, 5.41) is 3.15. The second-order valence-corrected chi connectivity index (χ2v) is 15.6. The molecule has 7 nitrogen and oxygen atoms in total. The average Bonchev–Trinajstić information content (AvgIpc) is 3.27. The molecule has 2 heterocycles. The number of hydrogen-bond donors (Lipinski definition) is 0. The summed E-state index contributed by atoms with van der Waals surface area (Å²) in [5.41, 5.74) is 0.205. The number of rotatable bonds is 10. The zero-order chi connectivity index (χ0) is 27.5. The smallest absolute Gasteiger partial charge is 0.355 e. The van der Waals surface area contributed by atoms with Gasteiger partial charge in [0.25, 0.3) is 8.32 Å². The van der Waals surface area contributed by atoms with Gasteiger partial charge in [-0.3, -0.25) is 9.69 Å². The Hall–Kier alpha value is -3.14. The van der Waals surface area contributed by atoms with E-state index in [-0.39, 0.29) is 35.2 Å². The summed E-state index contributed by atoms with van der Waals surface area (Å²) >= 11 is 1.35. The molecule has 0 radical (unpaired) electrons. The normalized spacial score (nSPS) is 19.6. The lowest BCUT2D eigenvalue weighted by molar-refractivity contribution is -0.168. The van der Waals surface area contributed by atoms with Crippen LogP contribution in [0.25, 0.3) is 0 Å². The fourth-order valence-electron chi connectivity index (χ4n) is 5.11. The van der Waals surface area contributed by atoms with Crippen LogP contribution in [0.2, 0.25) is 5.04 Å². The molecule has 3 atom stereocenters. The van der Waals surface area contributed by atoms with Gasteiger partial charge in [-0.1, -0.05) is 94.1 Å². The molecule has 0 aromatic heterocycles. The Balaban J connectivity index is 1.46. The molecule has 200 valence electrons. The zero-order valence-electron chi connectivity index (χ0n) is 22.1. The summed E-state index contributed by atoms with van der Waals surface area (Å²) < 4.78 is 17.4. The van der Waals surface area contributed by atoms with Crippen LogP contribution in [0.5, 0.6) is 0 Å². The predicted octanol–water partition coefficient (Wildman–Crippen LogP) is 3.60.